The van der Waals surface area contributed by atoms with Crippen LogP contribution in [-0.4, -0.2) is 104 Å². The van der Waals surface area contributed by atoms with Crippen molar-refractivity contribution in [2.24, 2.45) is 17.4 Å². The van der Waals surface area contributed by atoms with E-state index in [0.29, 0.717) is 58.8 Å². The predicted octanol–water partition coefficient (Wildman–Crippen LogP) is 7.14. The normalized spacial score (nSPS) is 18.2. The number of carbonyl (C=O) groups excluding carboxylic acids is 6. The number of ketones is 1. The highest BCUT2D eigenvalue weighted by Crippen LogP contribution is 2.41. The summed E-state index contributed by atoms with van der Waals surface area (Å²) in [6.07, 6.45) is -3.29. The zero-order chi connectivity index (χ0) is 57.9. The summed E-state index contributed by atoms with van der Waals surface area (Å²) in [5.41, 5.74) is 15.4. The molecule has 27 heteroatoms. The number of primary amides is 2. The van der Waals surface area contributed by atoms with Crippen molar-refractivity contribution >= 4 is 103 Å². The first-order chi connectivity index (χ1) is 39.4. The van der Waals surface area contributed by atoms with Crippen LogP contribution in [0.25, 0.3) is 43.4 Å². The second kappa shape index (κ2) is 24.8. The molecule has 2 aromatic carbocycles. The highest BCUT2D eigenvalue weighted by Gasteiger charge is 2.36. The standard InChI is InChI=1S/C55H50N12O9S6/c1-24-9-11-27(12-10-24)15-32-47(74)66-42(25(2)40(70)18-68)55-65-38(23-81-55)53-61-34(19-79-53)44-29(13-14-31(58-44)52-62-35(20-80-52)46(57)73)50-63-37(21-77-50)49(76)60-33(17-41(56)71)54-67-43(26(3)82-54)39(69)16-30(45(72)28-7-5-4-6-8-28)51-64-36(22-78-51)48(75)59-32/h4-14,19-23,25,30,32-33,40,42,45,68,70,72H,15-18H2,1-3H3,(H2,56,71)(H2,57,73)(H,59,75)(H,60,76)(H,66,74)/t25-,30-,32-,33-,40-,42-,45+/m0/s1. The summed E-state index contributed by atoms with van der Waals surface area (Å²) >= 11 is 6.86. The molecule has 0 saturated heterocycles. The van der Waals surface area contributed by atoms with Crippen LogP contribution in [0.3, 0.4) is 0 Å². The van der Waals surface area contributed by atoms with Gasteiger partial charge in [-0.05, 0) is 37.1 Å². The van der Waals surface area contributed by atoms with Crippen molar-refractivity contribution in [2.75, 3.05) is 6.61 Å². The lowest BCUT2D eigenvalue weighted by atomic mass is 9.90. The van der Waals surface area contributed by atoms with Crippen molar-refractivity contribution in [1.29, 1.82) is 0 Å². The van der Waals surface area contributed by atoms with Crippen LogP contribution >= 0.6 is 68.0 Å². The molecule has 9 aromatic rings. The van der Waals surface area contributed by atoms with Crippen LogP contribution in [0.1, 0.15) is 122 Å². The zero-order valence-electron chi connectivity index (χ0n) is 43.6. The first-order valence-electron chi connectivity index (χ1n) is 25.3. The Hall–Kier alpha value is -7.73. The number of amides is 5. The highest BCUT2D eigenvalue weighted by molar-refractivity contribution is 7.15. The first kappa shape index (κ1) is 57.5. The molecule has 1 aliphatic heterocycles. The molecule has 82 heavy (non-hydrogen) atoms. The topological polar surface area (TPSA) is 341 Å². The fourth-order valence-corrected chi connectivity index (χ4v) is 14.3. The number of aliphatic hydroxyl groups excluding tert-OH is 3. The number of Topliss-reactive ketones (excluding diaryl/α,β-unsaturated/α-hetero) is 1. The molecule has 0 aliphatic carbocycles. The molecule has 7 atom stereocenters. The Morgan fingerprint density at radius 2 is 1.28 bits per heavy atom. The minimum atomic E-state index is -1.31. The lowest BCUT2D eigenvalue weighted by Crippen LogP contribution is -2.50. The lowest BCUT2D eigenvalue weighted by Gasteiger charge is -2.28. The van der Waals surface area contributed by atoms with Crippen LogP contribution in [-0.2, 0) is 16.0 Å². The van der Waals surface area contributed by atoms with E-state index in [1.54, 1.807) is 67.1 Å². The summed E-state index contributed by atoms with van der Waals surface area (Å²) in [6.45, 7) is 4.62. The van der Waals surface area contributed by atoms with Gasteiger partial charge in [0.05, 0.1) is 48.0 Å². The van der Waals surface area contributed by atoms with Crippen molar-refractivity contribution in [3.63, 3.8) is 0 Å². The van der Waals surface area contributed by atoms with E-state index in [-0.39, 0.29) is 52.1 Å². The monoisotopic (exact) mass is 1210 g/mol. The van der Waals surface area contributed by atoms with Gasteiger partial charge in [-0.3, -0.25) is 28.8 Å². The van der Waals surface area contributed by atoms with Gasteiger partial charge < -0.3 is 42.7 Å². The number of nitrogens with one attached hydrogen (secondary N) is 3. The number of rotatable bonds is 11. The van der Waals surface area contributed by atoms with Gasteiger partial charge in [0.25, 0.3) is 17.7 Å². The Morgan fingerprint density at radius 1 is 0.646 bits per heavy atom. The van der Waals surface area contributed by atoms with Gasteiger partial charge in [-0.25, -0.2) is 34.9 Å². The second-order valence-electron chi connectivity index (χ2n) is 19.3. The largest absolute Gasteiger partial charge is 0.394 e. The number of hydrogen-bond donors (Lipinski definition) is 8. The molecule has 0 spiro atoms. The number of aromatic nitrogens is 7. The van der Waals surface area contributed by atoms with Gasteiger partial charge in [-0.2, -0.15) is 0 Å². The van der Waals surface area contributed by atoms with Gasteiger partial charge >= 0.3 is 0 Å². The molecule has 0 radical (unpaired) electrons. The maximum absolute atomic E-state index is 14.8. The van der Waals surface area contributed by atoms with Gasteiger partial charge in [-0.1, -0.05) is 67.1 Å². The smallest absolute Gasteiger partial charge is 0.271 e. The molecule has 5 amide bonds. The van der Waals surface area contributed by atoms with Crippen molar-refractivity contribution < 1.29 is 44.1 Å². The number of pyridine rings is 1. The third-order valence-corrected chi connectivity index (χ3v) is 19.1. The molecule has 10 bridgehead atoms. The number of hydrogen-bond acceptors (Lipinski definition) is 22. The van der Waals surface area contributed by atoms with Crippen LogP contribution < -0.4 is 27.4 Å². The van der Waals surface area contributed by atoms with Crippen LogP contribution in [0.4, 0.5) is 0 Å². The van der Waals surface area contributed by atoms with Gasteiger partial charge in [0.15, 0.2) is 5.78 Å². The summed E-state index contributed by atoms with van der Waals surface area (Å²) in [5.74, 6) is -5.82. The van der Waals surface area contributed by atoms with Gasteiger partial charge in [-0.15, -0.1) is 68.0 Å². The predicted molar refractivity (Wildman–Crippen MR) is 313 cm³/mol. The number of nitrogens with two attached hydrogens (primary N) is 2. The maximum Gasteiger partial charge on any atom is 0.271 e. The average Bonchev–Trinajstić information content (AvgIpc) is 4.39. The molecule has 0 unspecified atom stereocenters. The Balaban J connectivity index is 1.08. The number of nitrogens with zero attached hydrogens (tertiary/aromatic N) is 7. The van der Waals surface area contributed by atoms with Crippen LogP contribution in [0.5, 0.6) is 0 Å². The van der Waals surface area contributed by atoms with Crippen molar-refractivity contribution in [3.05, 3.63) is 153 Å². The quantitative estimate of drug-likeness (QED) is 0.0637. The minimum absolute atomic E-state index is 0.0177. The molecule has 10 rings (SSSR count). The molecule has 1 aliphatic rings. The molecule has 7 aromatic heterocycles. The summed E-state index contributed by atoms with van der Waals surface area (Å²) in [6, 6.07) is 16.2. The van der Waals surface area contributed by atoms with E-state index in [1.165, 1.54) is 38.8 Å². The fraction of sp³-hybridized carbons (Fsp3) is 0.255. The SMILES string of the molecule is Cc1ccc(C[C@@H]2NC(=O)c3csc(n3)[C@H]([C@H](O)c3ccccc3)CC(=O)c3nc(sc3C)[C@H](CC(N)=O)NC(=O)c3csc(n3)-c3ccc(-c4nc(C(N)=O)cs4)nc3-c3csc(n3)-c3csc(n3)[C@H]([C@@H](C)[C@@H](O)CO)NC2=O)cc1. The lowest BCUT2D eigenvalue weighted by molar-refractivity contribution is -0.124. The summed E-state index contributed by atoms with van der Waals surface area (Å²) < 4.78 is 0. The van der Waals surface area contributed by atoms with Gasteiger partial charge in [0.2, 0.25) is 11.8 Å². The van der Waals surface area contributed by atoms with E-state index in [0.717, 1.165) is 56.5 Å². The summed E-state index contributed by atoms with van der Waals surface area (Å²) in [5, 5.41) is 52.1. The van der Waals surface area contributed by atoms with Crippen LogP contribution in [0.2, 0.25) is 0 Å². The molecule has 420 valence electrons. The third kappa shape index (κ3) is 12.7. The van der Waals surface area contributed by atoms with E-state index in [4.69, 9.17) is 31.4 Å². The maximum atomic E-state index is 14.8. The Labute approximate surface area is 491 Å². The van der Waals surface area contributed by atoms with E-state index in [1.807, 2.05) is 31.2 Å². The molecular weight excluding hydrogens is 1170 g/mol. The average molecular weight is 1220 g/mol. The van der Waals surface area contributed by atoms with Crippen molar-refractivity contribution in [3.8, 4) is 43.4 Å². The summed E-state index contributed by atoms with van der Waals surface area (Å²) in [7, 11) is 0. The first-order valence-corrected chi connectivity index (χ1v) is 30.5. The van der Waals surface area contributed by atoms with Crippen LogP contribution in [0.15, 0.2) is 93.6 Å². The third-order valence-electron chi connectivity index (χ3n) is 13.5. The van der Waals surface area contributed by atoms with E-state index >= 15 is 0 Å². The molecule has 21 nitrogen and oxygen atoms in total. The molecule has 0 fully saturated rings. The van der Waals surface area contributed by atoms with Crippen LogP contribution in [0, 0.1) is 19.8 Å². The van der Waals surface area contributed by atoms with Gasteiger partial charge in [0, 0.05) is 62.0 Å². The number of benzene rings is 2. The number of fused-ring (bicyclic) bond motifs is 14. The van der Waals surface area contributed by atoms with E-state index in [2.05, 4.69) is 30.9 Å². The molecule has 0 saturated carbocycles. The fourth-order valence-electron chi connectivity index (χ4n) is 8.98. The zero-order valence-corrected chi connectivity index (χ0v) is 48.5. The highest BCUT2D eigenvalue weighted by atomic mass is 32.1. The van der Waals surface area contributed by atoms with Gasteiger partial charge in [0.1, 0.15) is 70.9 Å². The minimum Gasteiger partial charge on any atom is -0.394 e. The van der Waals surface area contributed by atoms with E-state index in [9.17, 15) is 44.1 Å². The van der Waals surface area contributed by atoms with E-state index < -0.39 is 84.1 Å². The summed E-state index contributed by atoms with van der Waals surface area (Å²) in [4.78, 5) is 116. The van der Waals surface area contributed by atoms with Crippen molar-refractivity contribution in [2.45, 2.75) is 76.3 Å². The van der Waals surface area contributed by atoms with Crippen molar-refractivity contribution in [1.82, 2.24) is 50.8 Å². The Kier molecular flexibility index (Phi) is 17.4. The number of aryl methyl sites for hydroxylation is 2. The molecular formula is C55H50N12O9S6. The number of carbonyl (C=O) groups is 6. The second-order valence-corrected chi connectivity index (χ2v) is 24.9. The Bertz CT molecular complexity index is 3850. The number of thiazole rings is 6. The number of aliphatic hydroxyl groups is 3. The Morgan fingerprint density at radius 3 is 2.00 bits per heavy atom. The molecule has 8 heterocycles. The molecule has 10 N–H and O–H groups in total.